The Morgan fingerprint density at radius 2 is 1.68 bits per heavy atom. The van der Waals surface area contributed by atoms with Gasteiger partial charge in [0, 0.05) is 86.5 Å². The van der Waals surface area contributed by atoms with Crippen molar-refractivity contribution in [1.82, 2.24) is 45.6 Å². The number of benzene rings is 2. The van der Waals surface area contributed by atoms with E-state index in [1.807, 2.05) is 52.1 Å². The van der Waals surface area contributed by atoms with Gasteiger partial charge in [-0.1, -0.05) is 32.0 Å². The van der Waals surface area contributed by atoms with Gasteiger partial charge < -0.3 is 24.6 Å². The number of halogens is 1. The molecule has 2 aromatic carbocycles. The number of hydrogen-bond acceptors (Lipinski definition) is 12. The third-order valence-electron chi connectivity index (χ3n) is 13.0. The number of nitrogens with one attached hydrogen (secondary N) is 3. The maximum Gasteiger partial charge on any atom is 0.328 e. The molecule has 0 unspecified atom stereocenters. The van der Waals surface area contributed by atoms with Crippen molar-refractivity contribution in [3.05, 3.63) is 95.3 Å². The third-order valence-corrected chi connectivity index (χ3v) is 13.0. The number of piperazine rings is 1. The number of carbonyl (C=O) groups excluding carboxylic acids is 3. The Morgan fingerprint density at radius 3 is 2.37 bits per heavy atom. The van der Waals surface area contributed by atoms with E-state index in [0.29, 0.717) is 58.2 Å². The van der Waals surface area contributed by atoms with Crippen LogP contribution < -0.4 is 25.3 Å². The van der Waals surface area contributed by atoms with Crippen LogP contribution in [0, 0.1) is 25.6 Å². The number of H-pyrrole nitrogens is 1. The summed E-state index contributed by atoms with van der Waals surface area (Å²) in [6, 6.07) is 14.9. The van der Waals surface area contributed by atoms with Crippen LogP contribution in [-0.4, -0.2) is 105 Å². The van der Waals surface area contributed by atoms with Crippen LogP contribution in [0.25, 0.3) is 33.7 Å². The number of fused-ring (bicyclic) bond motifs is 1. The molecule has 3 fully saturated rings. The van der Waals surface area contributed by atoms with Crippen molar-refractivity contribution < 1.29 is 23.3 Å². The Kier molecular flexibility index (Phi) is 11.8. The molecule has 0 saturated carbocycles. The molecule has 9 rings (SSSR count). The molecule has 0 spiro atoms. The van der Waals surface area contributed by atoms with Gasteiger partial charge in [-0.25, -0.2) is 19.2 Å². The average Bonchev–Trinajstić information content (AvgIpc) is 3.98. The number of urea groups is 1. The summed E-state index contributed by atoms with van der Waals surface area (Å²) in [6.07, 6.45) is 5.92. The first-order valence-electron chi connectivity index (χ1n) is 22.4. The third kappa shape index (κ3) is 9.01. The van der Waals surface area contributed by atoms with E-state index in [4.69, 9.17) is 9.51 Å². The van der Waals surface area contributed by atoms with E-state index in [1.165, 1.54) is 12.0 Å². The number of aromatic nitrogens is 6. The highest BCUT2D eigenvalue weighted by Gasteiger charge is 2.29. The Morgan fingerprint density at radius 1 is 0.923 bits per heavy atom. The highest BCUT2D eigenvalue weighted by molar-refractivity contribution is 6.06. The van der Waals surface area contributed by atoms with Crippen LogP contribution in [0.2, 0.25) is 0 Å². The Balaban J connectivity index is 0.783. The SMILES string of the molecule is Cc1cc(N2CCC(CN3CCN(c4ccc(-c5cc6c(-c7ccc([C@@H](C)NC(=O)c8noc(C(C)(C)C)n8)c(C)c7F)ncnc6[nH]5)nc4)CC3)CC2)ccc1N1CCC(=O)NC1=O. The standard InChI is InChI=1S/C48H55FN12O4/c1-28-23-32(8-12-39(28)61-18-15-40(62)55-47(61)64)59-16-13-31(14-17-59)26-58-19-21-60(22-20-58)33-7-11-37(50-25-33)38-24-36-42(51-27-52-43(36)54-38)35-10-9-34(29(2)41(35)49)30(3)53-45(63)44-56-46(65-57-44)48(4,5)6/h7-12,23-25,27,30-31H,13-22,26H2,1-6H3,(H,53,63)(H,51,52,54)(H,55,62,64)/t30-/m1/s1. The van der Waals surface area contributed by atoms with Crippen molar-refractivity contribution >= 4 is 45.9 Å². The molecule has 7 heterocycles. The number of pyridine rings is 1. The molecular formula is C48H55FN12O4. The number of aromatic amines is 1. The fraction of sp³-hybridized carbons (Fsp3) is 0.417. The summed E-state index contributed by atoms with van der Waals surface area (Å²) in [5, 5.41) is 9.78. The van der Waals surface area contributed by atoms with E-state index in [1.54, 1.807) is 30.9 Å². The van der Waals surface area contributed by atoms with Gasteiger partial charge in [-0.05, 0) is 98.7 Å². The number of aryl methyl sites for hydroxylation is 1. The first-order chi connectivity index (χ1) is 31.2. The summed E-state index contributed by atoms with van der Waals surface area (Å²) in [5.74, 6) is -0.241. The molecule has 0 aliphatic carbocycles. The first kappa shape index (κ1) is 43.5. The van der Waals surface area contributed by atoms with Crippen LogP contribution >= 0.6 is 0 Å². The summed E-state index contributed by atoms with van der Waals surface area (Å²) in [7, 11) is 0. The van der Waals surface area contributed by atoms with Crippen molar-refractivity contribution in [1.29, 1.82) is 0 Å². The summed E-state index contributed by atoms with van der Waals surface area (Å²) in [6.45, 7) is 18.6. The molecule has 3 saturated heterocycles. The van der Waals surface area contributed by atoms with Gasteiger partial charge in [-0.15, -0.1) is 0 Å². The summed E-state index contributed by atoms with van der Waals surface area (Å²) >= 11 is 0. The van der Waals surface area contributed by atoms with Crippen LogP contribution in [0.15, 0.2) is 65.6 Å². The second-order valence-electron chi connectivity index (χ2n) is 18.5. The molecule has 3 aliphatic heterocycles. The van der Waals surface area contributed by atoms with E-state index in [9.17, 15) is 14.4 Å². The maximum atomic E-state index is 16.2. The lowest BCUT2D eigenvalue weighted by atomic mass is 9.95. The minimum atomic E-state index is -0.531. The normalized spacial score (nSPS) is 17.2. The molecule has 0 bridgehead atoms. The molecule has 17 heteroatoms. The van der Waals surface area contributed by atoms with Crippen LogP contribution in [-0.2, 0) is 10.2 Å². The number of rotatable bonds is 10. The van der Waals surface area contributed by atoms with E-state index in [0.717, 1.165) is 87.0 Å². The zero-order valence-corrected chi connectivity index (χ0v) is 37.7. The predicted molar refractivity (Wildman–Crippen MR) is 246 cm³/mol. The summed E-state index contributed by atoms with van der Waals surface area (Å²) in [5.41, 5.74) is 7.58. The fourth-order valence-electron chi connectivity index (χ4n) is 9.20. The van der Waals surface area contributed by atoms with Crippen molar-refractivity contribution in [2.75, 3.05) is 67.1 Å². The molecule has 338 valence electrons. The van der Waals surface area contributed by atoms with E-state index in [2.05, 4.69) is 68.6 Å². The molecule has 3 aliphatic rings. The lowest BCUT2D eigenvalue weighted by Crippen LogP contribution is -2.49. The fourth-order valence-corrected chi connectivity index (χ4v) is 9.20. The molecule has 1 atom stereocenters. The first-order valence-corrected chi connectivity index (χ1v) is 22.4. The lowest BCUT2D eigenvalue weighted by Gasteiger charge is -2.40. The molecule has 6 aromatic rings. The highest BCUT2D eigenvalue weighted by atomic mass is 19.1. The Labute approximate surface area is 377 Å². The van der Waals surface area contributed by atoms with Crippen LogP contribution in [0.1, 0.15) is 86.2 Å². The summed E-state index contributed by atoms with van der Waals surface area (Å²) < 4.78 is 21.5. The Bertz CT molecular complexity index is 2750. The number of amides is 4. The second-order valence-corrected chi connectivity index (χ2v) is 18.5. The monoisotopic (exact) mass is 882 g/mol. The van der Waals surface area contributed by atoms with Gasteiger partial charge in [0.2, 0.25) is 11.8 Å². The minimum Gasteiger partial charge on any atom is -0.372 e. The van der Waals surface area contributed by atoms with E-state index < -0.39 is 23.2 Å². The van der Waals surface area contributed by atoms with Crippen LogP contribution in [0.4, 0.5) is 26.2 Å². The van der Waals surface area contributed by atoms with Gasteiger partial charge >= 0.3 is 6.03 Å². The second kappa shape index (κ2) is 17.7. The number of carbonyl (C=O) groups is 3. The van der Waals surface area contributed by atoms with Crippen molar-refractivity contribution in [2.45, 2.75) is 72.3 Å². The largest absolute Gasteiger partial charge is 0.372 e. The highest BCUT2D eigenvalue weighted by Crippen LogP contribution is 2.35. The van der Waals surface area contributed by atoms with Gasteiger partial charge in [0.05, 0.1) is 35.0 Å². The van der Waals surface area contributed by atoms with E-state index in [-0.39, 0.29) is 17.8 Å². The zero-order chi connectivity index (χ0) is 45.6. The molecule has 0 radical (unpaired) electrons. The maximum absolute atomic E-state index is 16.2. The molecular weight excluding hydrogens is 828 g/mol. The van der Waals surface area contributed by atoms with Crippen LogP contribution in [0.3, 0.4) is 0 Å². The molecule has 65 heavy (non-hydrogen) atoms. The smallest absolute Gasteiger partial charge is 0.328 e. The lowest BCUT2D eigenvalue weighted by molar-refractivity contribution is -0.120. The quantitative estimate of drug-likeness (QED) is 0.127. The molecule has 16 nitrogen and oxygen atoms in total. The van der Waals surface area contributed by atoms with Crippen molar-refractivity contribution in [3.63, 3.8) is 0 Å². The predicted octanol–water partition coefficient (Wildman–Crippen LogP) is 7.10. The number of hydrogen-bond donors (Lipinski definition) is 3. The number of anilines is 3. The van der Waals surface area contributed by atoms with Gasteiger partial charge in [0.1, 0.15) is 17.8 Å². The molecule has 4 aromatic heterocycles. The van der Waals surface area contributed by atoms with Gasteiger partial charge in [-0.2, -0.15) is 4.98 Å². The van der Waals surface area contributed by atoms with Crippen molar-refractivity contribution in [3.8, 4) is 22.6 Å². The topological polar surface area (TPSA) is 182 Å². The van der Waals surface area contributed by atoms with Gasteiger partial charge in [0.15, 0.2) is 0 Å². The Hall–Kier alpha value is -6.75. The zero-order valence-electron chi connectivity index (χ0n) is 37.7. The van der Waals surface area contributed by atoms with Crippen LogP contribution in [0.5, 0.6) is 0 Å². The average molecular weight is 883 g/mol. The van der Waals surface area contributed by atoms with Gasteiger partial charge in [0.25, 0.3) is 11.7 Å². The number of imide groups is 1. The van der Waals surface area contributed by atoms with Gasteiger partial charge in [-0.3, -0.25) is 29.7 Å². The van der Waals surface area contributed by atoms with E-state index >= 15 is 4.39 Å². The number of piperidine rings is 1. The molecule has 4 amide bonds. The summed E-state index contributed by atoms with van der Waals surface area (Å²) in [4.78, 5) is 67.4. The molecule has 3 N–H and O–H groups in total. The van der Waals surface area contributed by atoms with Crippen molar-refractivity contribution in [2.24, 2.45) is 5.92 Å². The minimum absolute atomic E-state index is 0.0732. The number of nitrogens with zero attached hydrogens (tertiary/aromatic N) is 9.